The van der Waals surface area contributed by atoms with Crippen LogP contribution in [0.4, 0.5) is 10.1 Å². The molecule has 4 atom stereocenters. The van der Waals surface area contributed by atoms with Crippen LogP contribution in [-0.2, 0) is 30.2 Å². The molecule has 0 radical (unpaired) electrons. The number of amides is 2. The number of aldehydes is 1. The van der Waals surface area contributed by atoms with Gasteiger partial charge in [0.1, 0.15) is 23.9 Å². The normalized spacial score (nSPS) is 26.6. The van der Waals surface area contributed by atoms with Gasteiger partial charge < -0.3 is 33.6 Å². The van der Waals surface area contributed by atoms with Crippen LogP contribution >= 0.6 is 11.6 Å². The Morgan fingerprint density at radius 3 is 2.49 bits per heavy atom. The number of methoxy groups -OCH3 is 2. The molecule has 1 N–H and O–H groups in total. The van der Waals surface area contributed by atoms with Gasteiger partial charge >= 0.3 is 0 Å². The first-order chi connectivity index (χ1) is 22.8. The molecule has 10 nitrogen and oxygen atoms in total. The molecule has 2 aliphatic heterocycles. The van der Waals surface area contributed by atoms with Gasteiger partial charge in [0.25, 0.3) is 5.91 Å². The molecular weight excluding hydrogens is 629 g/mol. The van der Waals surface area contributed by atoms with E-state index in [-0.39, 0.29) is 64.9 Å². The Hall–Kier alpha value is -3.35. The Balaban J connectivity index is 1.14. The van der Waals surface area contributed by atoms with Crippen LogP contribution < -0.4 is 5.32 Å². The number of para-hydroxylation sites is 1. The second kappa shape index (κ2) is 14.8. The van der Waals surface area contributed by atoms with E-state index in [4.69, 9.17) is 30.2 Å². The monoisotopic (exact) mass is 669 g/mol. The van der Waals surface area contributed by atoms with Gasteiger partial charge in [-0.2, -0.15) is 0 Å². The van der Waals surface area contributed by atoms with Crippen LogP contribution in [0.15, 0.2) is 47.1 Å². The van der Waals surface area contributed by atoms with E-state index >= 15 is 4.39 Å². The van der Waals surface area contributed by atoms with Crippen LogP contribution in [0.25, 0.3) is 11.0 Å². The van der Waals surface area contributed by atoms with E-state index in [0.29, 0.717) is 49.2 Å². The zero-order valence-corrected chi connectivity index (χ0v) is 27.4. The summed E-state index contributed by atoms with van der Waals surface area (Å²) in [6, 6.07) is 9.54. The predicted molar refractivity (Wildman–Crippen MR) is 174 cm³/mol. The molecule has 0 bridgehead atoms. The number of carbonyl (C=O) groups is 3. The van der Waals surface area contributed by atoms with Gasteiger partial charge in [0.2, 0.25) is 5.91 Å². The second-order valence-corrected chi connectivity index (χ2v) is 13.2. The van der Waals surface area contributed by atoms with Gasteiger partial charge in [-0.25, -0.2) is 4.39 Å². The average molecular weight is 670 g/mol. The lowest BCUT2D eigenvalue weighted by atomic mass is 9.88. The Morgan fingerprint density at radius 2 is 1.79 bits per heavy atom. The van der Waals surface area contributed by atoms with Gasteiger partial charge in [-0.1, -0.05) is 29.8 Å². The lowest BCUT2D eigenvalue weighted by molar-refractivity contribution is -0.133. The van der Waals surface area contributed by atoms with Gasteiger partial charge in [-0.3, -0.25) is 14.5 Å². The molecule has 6 rings (SSSR count). The molecule has 1 aromatic heterocycles. The number of halogens is 2. The van der Waals surface area contributed by atoms with Gasteiger partial charge in [0, 0.05) is 51.2 Å². The highest BCUT2D eigenvalue weighted by atomic mass is 35.5. The summed E-state index contributed by atoms with van der Waals surface area (Å²) in [6.45, 7) is 2.22. The minimum absolute atomic E-state index is 0.0452. The van der Waals surface area contributed by atoms with Gasteiger partial charge in [-0.05, 0) is 55.9 Å². The Labute approximate surface area is 278 Å². The number of nitrogens with zero attached hydrogens (tertiary/aromatic N) is 2. The smallest absolute Gasteiger partial charge is 0.259 e. The minimum Gasteiger partial charge on any atom is -0.463 e. The van der Waals surface area contributed by atoms with Crippen molar-refractivity contribution in [3.05, 3.63) is 64.6 Å². The summed E-state index contributed by atoms with van der Waals surface area (Å²) in [7, 11) is 3.35. The summed E-state index contributed by atoms with van der Waals surface area (Å²) in [5, 5.41) is 3.42. The molecule has 252 valence electrons. The summed E-state index contributed by atoms with van der Waals surface area (Å²) in [4.78, 5) is 42.1. The fraction of sp³-hybridized carbons (Fsp3) is 0.514. The molecule has 2 amide bonds. The first kappa shape index (κ1) is 33.5. The highest BCUT2D eigenvalue weighted by Gasteiger charge is 2.43. The van der Waals surface area contributed by atoms with Crippen molar-refractivity contribution in [1.82, 2.24) is 9.80 Å². The first-order valence-electron chi connectivity index (χ1n) is 16.2. The molecule has 1 saturated carbocycles. The molecule has 0 unspecified atom stereocenters. The molecule has 0 spiro atoms. The quantitative estimate of drug-likeness (QED) is 0.281. The van der Waals surface area contributed by atoms with Gasteiger partial charge in [0.15, 0.2) is 0 Å². The molecule has 1 aliphatic carbocycles. The van der Waals surface area contributed by atoms with E-state index in [9.17, 15) is 14.4 Å². The van der Waals surface area contributed by atoms with Crippen molar-refractivity contribution in [1.29, 1.82) is 0 Å². The summed E-state index contributed by atoms with van der Waals surface area (Å²) >= 11 is 6.52. The number of rotatable bonds is 11. The molecule has 47 heavy (non-hydrogen) atoms. The van der Waals surface area contributed by atoms with E-state index in [2.05, 4.69) is 10.2 Å². The van der Waals surface area contributed by atoms with Gasteiger partial charge in [-0.15, -0.1) is 0 Å². The van der Waals surface area contributed by atoms with Crippen molar-refractivity contribution in [2.45, 2.75) is 68.9 Å². The highest BCUT2D eigenvalue weighted by Crippen LogP contribution is 2.32. The number of anilines is 1. The number of ether oxygens (including phenoxy) is 3. The lowest BCUT2D eigenvalue weighted by Crippen LogP contribution is -2.41. The zero-order valence-electron chi connectivity index (χ0n) is 26.7. The van der Waals surface area contributed by atoms with Crippen molar-refractivity contribution < 1.29 is 37.4 Å². The molecule has 3 fully saturated rings. The summed E-state index contributed by atoms with van der Waals surface area (Å²) in [6.07, 6.45) is 6.07. The average Bonchev–Trinajstić information content (AvgIpc) is 3.83. The lowest BCUT2D eigenvalue weighted by Gasteiger charge is -2.29. The summed E-state index contributed by atoms with van der Waals surface area (Å²) < 4.78 is 38.5. The maximum atomic E-state index is 15.5. The minimum atomic E-state index is -0.643. The molecule has 2 aromatic carbocycles. The standard InChI is InChI=1S/C35H41ClFN3O7/c1-44-32-16-39(17-33(32)45-2)23-13-24(19-46-25-9-7-21(18-41)8-10-25)40(15-23)34(42)12-22-11-28(36)30(14-29(22)37)38-35(43)27-20-47-31-6-4-3-5-26(27)31/h3-6,11,14,18,20-21,23-25,32-33H,7-10,12-13,15-17,19H2,1-2H3,(H,38,43)/t21-,23-,24-,25-,32-,33+/m0/s1. The molecule has 3 heterocycles. The van der Waals surface area contributed by atoms with E-state index in [1.165, 1.54) is 12.3 Å². The topological polar surface area (TPSA) is 111 Å². The number of nitrogens with one attached hydrogen (secondary N) is 1. The molecular formula is C35H41ClFN3O7. The molecule has 3 aromatic rings. The number of hydrogen-bond donors (Lipinski definition) is 1. The van der Waals surface area contributed by atoms with Crippen LogP contribution in [-0.4, -0.2) is 98.8 Å². The summed E-state index contributed by atoms with van der Waals surface area (Å²) in [5.41, 5.74) is 1.10. The number of hydrogen-bond acceptors (Lipinski definition) is 8. The third kappa shape index (κ3) is 7.39. The van der Waals surface area contributed by atoms with E-state index in [0.717, 1.165) is 38.0 Å². The molecule has 12 heteroatoms. The number of carbonyl (C=O) groups excluding carboxylic acids is 3. The van der Waals surface area contributed by atoms with Crippen LogP contribution in [0.3, 0.4) is 0 Å². The second-order valence-electron chi connectivity index (χ2n) is 12.8. The number of furan rings is 1. The number of fused-ring (bicyclic) bond motifs is 1. The van der Waals surface area contributed by atoms with Crippen molar-refractivity contribution in [3.8, 4) is 0 Å². The molecule has 2 saturated heterocycles. The zero-order chi connectivity index (χ0) is 33.1. The Kier molecular flexibility index (Phi) is 10.6. The van der Waals surface area contributed by atoms with Crippen LogP contribution in [0.1, 0.15) is 48.0 Å². The number of likely N-dealkylation sites (tertiary alicyclic amines) is 2. The summed E-state index contributed by atoms with van der Waals surface area (Å²) in [5.74, 6) is -1.27. The van der Waals surface area contributed by atoms with Crippen molar-refractivity contribution in [3.63, 3.8) is 0 Å². The van der Waals surface area contributed by atoms with E-state index in [1.807, 2.05) is 0 Å². The maximum Gasteiger partial charge on any atom is 0.259 e. The fourth-order valence-electron chi connectivity index (χ4n) is 7.21. The van der Waals surface area contributed by atoms with Gasteiger partial charge in [0.05, 0.1) is 53.7 Å². The SMILES string of the molecule is CO[C@H]1CN([C@H]2C[C@@H](CO[C@H]3CC[C@H](C=O)CC3)N(C(=O)Cc3cc(Cl)c(NC(=O)c4coc5ccccc45)cc3F)C2)C[C@H]1OC. The van der Waals surface area contributed by atoms with Crippen molar-refractivity contribution in [2.75, 3.05) is 45.8 Å². The van der Waals surface area contributed by atoms with Crippen LogP contribution in [0, 0.1) is 11.7 Å². The predicted octanol–water partition coefficient (Wildman–Crippen LogP) is 5.11. The Bertz CT molecular complexity index is 1580. The van der Waals surface area contributed by atoms with Crippen molar-refractivity contribution in [2.24, 2.45) is 5.92 Å². The van der Waals surface area contributed by atoms with E-state index in [1.54, 1.807) is 43.4 Å². The third-order valence-electron chi connectivity index (χ3n) is 9.97. The van der Waals surface area contributed by atoms with Crippen molar-refractivity contribution >= 4 is 46.4 Å². The Morgan fingerprint density at radius 1 is 1.06 bits per heavy atom. The van der Waals surface area contributed by atoms with E-state index < -0.39 is 11.7 Å². The highest BCUT2D eigenvalue weighted by molar-refractivity contribution is 6.34. The van der Waals surface area contributed by atoms with Crippen LogP contribution in [0.5, 0.6) is 0 Å². The molecule has 3 aliphatic rings. The fourth-order valence-corrected chi connectivity index (χ4v) is 7.44. The third-order valence-corrected chi connectivity index (χ3v) is 10.3. The number of benzene rings is 2. The first-order valence-corrected chi connectivity index (χ1v) is 16.6. The largest absolute Gasteiger partial charge is 0.463 e. The van der Waals surface area contributed by atoms with Crippen LogP contribution in [0.2, 0.25) is 5.02 Å². The maximum absolute atomic E-state index is 15.5.